The van der Waals surface area contributed by atoms with Crippen molar-refractivity contribution in [1.29, 1.82) is 0 Å². The Labute approximate surface area is 639 Å². The molecule has 1 heterocycles. The first-order chi connectivity index (χ1) is 51.3. The van der Waals surface area contributed by atoms with E-state index in [2.05, 4.69) is 63.5 Å². The predicted octanol–water partition coefficient (Wildman–Crippen LogP) is -1.03. The number of nitrogens with zero attached hydrogens (tertiary/aromatic N) is 2. The van der Waals surface area contributed by atoms with Crippen LogP contribution in [0.1, 0.15) is 203 Å². The van der Waals surface area contributed by atoms with Crippen LogP contribution in [-0.4, -0.2) is 204 Å². The Balaban J connectivity index is 2.49. The zero-order valence-corrected chi connectivity index (χ0v) is 65.4. The Morgan fingerprint density at radius 1 is 0.606 bits per heavy atom. The average molecular weight is 1540 g/mol. The highest BCUT2D eigenvalue weighted by atomic mass is 16.4. The zero-order chi connectivity index (χ0) is 82.2. The third kappa shape index (κ3) is 35.8. The molecule has 1 aliphatic rings. The minimum absolute atomic E-state index is 0.00117. The standard InChI is InChI=1S/C74H124N18O17/c1-12-43(7)61(63(77)99)90-73(109)62(44(8)13-2)91-69(105)52(31-34-60(97)98)83-65(101)48(42(5)6)26-17-18-30-57(94)53(38-41(3)4)87-67(103)49(27-19-21-35-75)84-66(102)51(29-23-37-81-74(78)79)86-71(107)55(40-58(76)95)89-68(104)50-28-20-22-36-80-59(96)33-32-56(92(11)46(10)93)72(108)82-45(9)64(100)88-54(70(106)85-50)39-47-24-15-14-16-25-47/h14-16,24-25,41-45,48-56,61-62H,12-13,17-23,26-40,75H2,1-11H3,(H2,76,95)(H2,77,99)(H,80,96)(H,82,108)(H,83,101)(H,84,102)(H,85,106)(H,86,107)(H,87,103)(H,88,100)(H,89,104)(H,90,109)(H,91,105)(H,97,98)(H4,78,79,81)/t43-,44-,45-,48?,49-,50-,51-,52-,53-,54-,55-,56+,61-,62-/m0/s1. The summed E-state index contributed by atoms with van der Waals surface area (Å²) < 4.78 is 0. The van der Waals surface area contributed by atoms with Crippen LogP contribution in [-0.2, 0) is 83.1 Å². The second-order valence-electron chi connectivity index (χ2n) is 29.1. The molecule has 109 heavy (non-hydrogen) atoms. The quantitative estimate of drug-likeness (QED) is 0.0211. The first kappa shape index (κ1) is 95.2. The Morgan fingerprint density at radius 3 is 1.72 bits per heavy atom. The summed E-state index contributed by atoms with van der Waals surface area (Å²) in [6, 6.07) is -6.14. The van der Waals surface area contributed by atoms with Gasteiger partial charge in [-0.25, -0.2) is 0 Å². The number of Topliss-reactive ketones (excluding diaryl/α,β-unsaturated/α-hetero) is 1. The molecular weight excluding hydrogens is 1410 g/mol. The van der Waals surface area contributed by atoms with Gasteiger partial charge in [-0.1, -0.05) is 105 Å². The molecule has 35 nitrogen and oxygen atoms in total. The van der Waals surface area contributed by atoms with Gasteiger partial charge in [0.2, 0.25) is 82.7 Å². The number of guanidine groups is 1. The Kier molecular flexibility index (Phi) is 43.7. The summed E-state index contributed by atoms with van der Waals surface area (Å²) >= 11 is 0. The van der Waals surface area contributed by atoms with Crippen LogP contribution < -0.4 is 87.2 Å². The van der Waals surface area contributed by atoms with Crippen LogP contribution in [0.4, 0.5) is 0 Å². The molecule has 0 aromatic heterocycles. The predicted molar refractivity (Wildman–Crippen MR) is 406 cm³/mol. The number of ketones is 1. The highest BCUT2D eigenvalue weighted by Crippen LogP contribution is 2.22. The molecule has 1 aliphatic heterocycles. The molecule has 0 spiro atoms. The second-order valence-corrected chi connectivity index (χ2v) is 29.1. The van der Waals surface area contributed by atoms with Gasteiger partial charge >= 0.3 is 5.97 Å². The van der Waals surface area contributed by atoms with Gasteiger partial charge in [0.05, 0.1) is 12.5 Å². The molecule has 1 unspecified atom stereocenters. The lowest BCUT2D eigenvalue weighted by atomic mass is 9.88. The van der Waals surface area contributed by atoms with Crippen molar-refractivity contribution in [3.8, 4) is 0 Å². The molecule has 0 aliphatic carbocycles. The van der Waals surface area contributed by atoms with Gasteiger partial charge in [-0.15, -0.1) is 0 Å². The third-order valence-electron chi connectivity index (χ3n) is 19.3. The number of amides is 14. The molecule has 1 aromatic rings. The van der Waals surface area contributed by atoms with E-state index in [1.54, 1.807) is 65.0 Å². The van der Waals surface area contributed by atoms with Crippen molar-refractivity contribution in [3.63, 3.8) is 0 Å². The fraction of sp³-hybridized carbons (Fsp3) is 0.689. The summed E-state index contributed by atoms with van der Waals surface area (Å²) in [7, 11) is 1.39. The lowest BCUT2D eigenvalue weighted by Crippen LogP contribution is -2.60. The first-order valence-corrected chi connectivity index (χ1v) is 38.0. The van der Waals surface area contributed by atoms with E-state index in [1.165, 1.54) is 20.9 Å². The third-order valence-corrected chi connectivity index (χ3v) is 19.3. The van der Waals surface area contributed by atoms with Crippen LogP contribution in [0.3, 0.4) is 0 Å². The number of nitrogens with one attached hydrogen (secondary N) is 11. The number of likely N-dealkylation sites (N-methyl/N-ethyl adjacent to an activating group) is 1. The number of aliphatic imine (C=N–C) groups is 1. The van der Waals surface area contributed by atoms with Crippen molar-refractivity contribution < 1.29 is 81.8 Å². The molecule has 2 rings (SSSR count). The number of carboxylic acid groups (broad SMARTS) is 1. The van der Waals surface area contributed by atoms with Crippen molar-refractivity contribution in [2.45, 2.75) is 271 Å². The molecule has 612 valence electrons. The molecule has 0 saturated carbocycles. The van der Waals surface area contributed by atoms with Crippen LogP contribution in [0.2, 0.25) is 0 Å². The normalized spacial score (nSPS) is 18.8. The topological polar surface area (TPSA) is 571 Å². The Hall–Kier alpha value is -9.83. The van der Waals surface area contributed by atoms with Gasteiger partial charge < -0.3 is 97.2 Å². The van der Waals surface area contributed by atoms with Gasteiger partial charge in [0, 0.05) is 58.7 Å². The number of benzene rings is 1. The fourth-order valence-electron chi connectivity index (χ4n) is 12.2. The van der Waals surface area contributed by atoms with Gasteiger partial charge in [-0.2, -0.15) is 0 Å². The van der Waals surface area contributed by atoms with Gasteiger partial charge in [-0.3, -0.25) is 81.7 Å². The van der Waals surface area contributed by atoms with Crippen molar-refractivity contribution in [1.82, 2.24) is 63.4 Å². The van der Waals surface area contributed by atoms with Crippen molar-refractivity contribution in [2.75, 3.05) is 26.7 Å². The smallest absolute Gasteiger partial charge is 0.303 e. The monoisotopic (exact) mass is 1540 g/mol. The number of carbonyl (C=O) groups excluding carboxylic acids is 15. The first-order valence-electron chi connectivity index (χ1n) is 38.0. The molecule has 0 bridgehead atoms. The average Bonchev–Trinajstić information content (AvgIpc) is 0.854. The van der Waals surface area contributed by atoms with Crippen LogP contribution in [0.15, 0.2) is 35.3 Å². The number of nitrogens with two attached hydrogens (primary N) is 5. The molecular formula is C74H124N18O17. The SMILES string of the molecule is CC[C@H](C)[C@H](NC(=O)[C@@H](NC(=O)[C@H](CCC(=O)O)NC(=O)C(CCCCC(=O)[C@H](CC(C)C)NC(=O)[C@H](CCCCN)NC(=O)[C@H](CCCN=C(N)N)NC(=O)[C@H](CC(N)=O)NC(=O)[C@@H]1CCCCNC(=O)CC[C@@H](N(C)C(C)=O)C(=O)N[C@@H](C)C(=O)N[C@@H](Cc2ccccc2)C(=O)N1)C(C)C)[C@@H](C)CC)C(N)=O. The highest BCUT2D eigenvalue weighted by molar-refractivity contribution is 6.00. The van der Waals surface area contributed by atoms with Gasteiger partial charge in [0.1, 0.15) is 60.4 Å². The molecule has 22 N–H and O–H groups in total. The van der Waals surface area contributed by atoms with Crippen molar-refractivity contribution in [3.05, 3.63) is 35.9 Å². The summed E-state index contributed by atoms with van der Waals surface area (Å²) in [5, 5.41) is 38.9. The van der Waals surface area contributed by atoms with E-state index in [0.29, 0.717) is 37.7 Å². The lowest BCUT2D eigenvalue weighted by Gasteiger charge is -2.30. The van der Waals surface area contributed by atoms with E-state index in [-0.39, 0.29) is 139 Å². The maximum absolute atomic E-state index is 14.7. The van der Waals surface area contributed by atoms with Crippen LogP contribution in [0.25, 0.3) is 0 Å². The van der Waals surface area contributed by atoms with E-state index >= 15 is 0 Å². The fourth-order valence-corrected chi connectivity index (χ4v) is 12.2. The molecule has 14 atom stereocenters. The minimum Gasteiger partial charge on any atom is -0.481 e. The summed E-state index contributed by atoms with van der Waals surface area (Å²) in [5.41, 5.74) is 28.9. The maximum atomic E-state index is 14.7. The van der Waals surface area contributed by atoms with E-state index in [4.69, 9.17) is 28.7 Å². The van der Waals surface area contributed by atoms with Crippen LogP contribution >= 0.6 is 0 Å². The van der Waals surface area contributed by atoms with Gasteiger partial charge in [0.15, 0.2) is 11.7 Å². The molecule has 1 fully saturated rings. The van der Waals surface area contributed by atoms with Crippen LogP contribution in [0.5, 0.6) is 0 Å². The molecule has 35 heteroatoms. The van der Waals surface area contributed by atoms with E-state index in [0.717, 1.165) is 4.90 Å². The Morgan fingerprint density at radius 2 is 1.17 bits per heavy atom. The number of unbranched alkanes of at least 4 members (excludes halogenated alkanes) is 2. The van der Waals surface area contributed by atoms with E-state index < -0.39 is 180 Å². The summed E-state index contributed by atoms with van der Waals surface area (Å²) in [5.74, 6) is -14.9. The maximum Gasteiger partial charge on any atom is 0.303 e. The number of primary amides is 2. The molecule has 1 saturated heterocycles. The van der Waals surface area contributed by atoms with Crippen LogP contribution in [0, 0.1) is 29.6 Å². The molecule has 1 aromatic carbocycles. The van der Waals surface area contributed by atoms with E-state index in [9.17, 15) is 81.8 Å². The largest absolute Gasteiger partial charge is 0.481 e. The summed E-state index contributed by atoms with van der Waals surface area (Å²) in [6.45, 7) is 17.2. The summed E-state index contributed by atoms with van der Waals surface area (Å²) in [6.07, 6.45) is 0.547. The Bertz CT molecular complexity index is 3240. The number of carboxylic acids is 1. The molecule has 14 amide bonds. The summed E-state index contributed by atoms with van der Waals surface area (Å²) in [4.78, 5) is 224. The number of hydrogen-bond donors (Lipinski definition) is 17. The second kappa shape index (κ2) is 50.0. The number of aliphatic carboxylic acids is 1. The molecule has 0 radical (unpaired) electrons. The highest BCUT2D eigenvalue weighted by Gasteiger charge is 2.38. The lowest BCUT2D eigenvalue weighted by molar-refractivity contribution is -0.139. The van der Waals surface area contributed by atoms with Gasteiger partial charge in [0.25, 0.3) is 0 Å². The van der Waals surface area contributed by atoms with Crippen molar-refractivity contribution in [2.24, 2.45) is 63.3 Å². The zero-order valence-electron chi connectivity index (χ0n) is 65.4. The van der Waals surface area contributed by atoms with E-state index in [1.807, 2.05) is 20.8 Å². The number of rotatable bonds is 44. The number of hydrogen-bond acceptors (Lipinski definition) is 18. The minimum atomic E-state index is -1.81. The van der Waals surface area contributed by atoms with Crippen molar-refractivity contribution >= 4 is 100 Å². The van der Waals surface area contributed by atoms with Gasteiger partial charge in [-0.05, 0) is 126 Å². The number of carbonyl (C=O) groups is 16.